The zero-order valence-electron chi connectivity index (χ0n) is 15.3. The first-order valence-corrected chi connectivity index (χ1v) is 9.42. The van der Waals surface area contributed by atoms with Crippen molar-refractivity contribution in [2.24, 2.45) is 5.92 Å². The fourth-order valence-corrected chi connectivity index (χ4v) is 4.33. The first-order valence-electron chi connectivity index (χ1n) is 9.42. The maximum Gasteiger partial charge on any atom is 0.410 e. The molecule has 2 fully saturated rings. The van der Waals surface area contributed by atoms with Crippen LogP contribution >= 0.6 is 0 Å². The topological polar surface area (TPSA) is 32.8 Å². The van der Waals surface area contributed by atoms with E-state index in [2.05, 4.69) is 36.1 Å². The smallest absolute Gasteiger partial charge is 0.410 e. The SMILES string of the molecule is C[C@H]1CN(C(=O)OCc2ccccc2)[C@]12CCN(Cc1ccccc1)C2. The third-order valence-corrected chi connectivity index (χ3v) is 5.94. The third kappa shape index (κ3) is 3.21. The fourth-order valence-electron chi connectivity index (χ4n) is 4.33. The summed E-state index contributed by atoms with van der Waals surface area (Å²) < 4.78 is 5.59. The number of hydrogen-bond donors (Lipinski definition) is 0. The normalized spacial score (nSPS) is 25.3. The molecule has 2 aliphatic rings. The maximum atomic E-state index is 12.7. The van der Waals surface area contributed by atoms with E-state index in [4.69, 9.17) is 4.74 Å². The molecule has 4 rings (SSSR count). The first kappa shape index (κ1) is 17.1. The molecule has 26 heavy (non-hydrogen) atoms. The lowest BCUT2D eigenvalue weighted by atomic mass is 9.74. The van der Waals surface area contributed by atoms with E-state index in [1.807, 2.05) is 41.3 Å². The van der Waals surface area contributed by atoms with E-state index in [9.17, 15) is 4.79 Å². The summed E-state index contributed by atoms with van der Waals surface area (Å²) in [6.45, 7) is 6.31. The van der Waals surface area contributed by atoms with Gasteiger partial charge < -0.3 is 9.64 Å². The zero-order valence-corrected chi connectivity index (χ0v) is 15.3. The number of rotatable bonds is 4. The molecule has 0 N–H and O–H groups in total. The monoisotopic (exact) mass is 350 g/mol. The van der Waals surface area contributed by atoms with Crippen LogP contribution in [0, 0.1) is 5.92 Å². The average Bonchev–Trinajstić information content (AvgIpc) is 3.13. The predicted molar refractivity (Wildman–Crippen MR) is 102 cm³/mol. The largest absolute Gasteiger partial charge is 0.445 e. The highest BCUT2D eigenvalue weighted by Crippen LogP contribution is 2.44. The minimum absolute atomic E-state index is 0.0530. The van der Waals surface area contributed by atoms with E-state index in [0.717, 1.165) is 38.2 Å². The Kier molecular flexibility index (Phi) is 4.68. The summed E-state index contributed by atoms with van der Waals surface area (Å²) in [5.74, 6) is 0.521. The highest BCUT2D eigenvalue weighted by atomic mass is 16.6. The molecule has 1 spiro atoms. The number of amides is 1. The van der Waals surface area contributed by atoms with Crippen molar-refractivity contribution in [3.8, 4) is 0 Å². The minimum atomic E-state index is -0.173. The molecule has 0 bridgehead atoms. The zero-order chi connectivity index (χ0) is 18.0. The molecule has 4 heteroatoms. The highest BCUT2D eigenvalue weighted by molar-refractivity contribution is 5.70. The second kappa shape index (κ2) is 7.12. The van der Waals surface area contributed by atoms with Crippen molar-refractivity contribution in [1.82, 2.24) is 9.80 Å². The van der Waals surface area contributed by atoms with Crippen LogP contribution in [0.2, 0.25) is 0 Å². The van der Waals surface area contributed by atoms with Crippen molar-refractivity contribution < 1.29 is 9.53 Å². The molecule has 2 aromatic carbocycles. The van der Waals surface area contributed by atoms with Gasteiger partial charge in [0.15, 0.2) is 0 Å². The molecule has 4 nitrogen and oxygen atoms in total. The molecule has 1 amide bonds. The lowest BCUT2D eigenvalue weighted by Gasteiger charge is -2.55. The van der Waals surface area contributed by atoms with E-state index in [-0.39, 0.29) is 11.6 Å². The van der Waals surface area contributed by atoms with Crippen LogP contribution < -0.4 is 0 Å². The van der Waals surface area contributed by atoms with Crippen molar-refractivity contribution in [2.45, 2.75) is 32.0 Å². The Bertz CT molecular complexity index is 749. The summed E-state index contributed by atoms with van der Waals surface area (Å²) >= 11 is 0. The molecular weight excluding hydrogens is 324 g/mol. The quantitative estimate of drug-likeness (QED) is 0.838. The average molecular weight is 350 g/mol. The number of hydrogen-bond acceptors (Lipinski definition) is 3. The van der Waals surface area contributed by atoms with Crippen LogP contribution in [0.5, 0.6) is 0 Å². The maximum absolute atomic E-state index is 12.7. The van der Waals surface area contributed by atoms with Crippen LogP contribution in [0.15, 0.2) is 60.7 Å². The van der Waals surface area contributed by atoms with E-state index in [1.54, 1.807) is 0 Å². The fraction of sp³-hybridized carbons (Fsp3) is 0.409. The van der Waals surface area contributed by atoms with Crippen LogP contribution in [0.4, 0.5) is 4.79 Å². The summed E-state index contributed by atoms with van der Waals surface area (Å²) in [5, 5.41) is 0. The molecule has 0 unspecified atom stereocenters. The van der Waals surface area contributed by atoms with Gasteiger partial charge in [0, 0.05) is 26.2 Å². The van der Waals surface area contributed by atoms with Gasteiger partial charge in [-0.15, -0.1) is 0 Å². The minimum Gasteiger partial charge on any atom is -0.445 e. The molecule has 0 aliphatic carbocycles. The second-order valence-corrected chi connectivity index (χ2v) is 7.60. The van der Waals surface area contributed by atoms with E-state index in [1.165, 1.54) is 5.56 Å². The molecule has 0 saturated carbocycles. The predicted octanol–water partition coefficient (Wildman–Crippen LogP) is 3.92. The highest BCUT2D eigenvalue weighted by Gasteiger charge is 2.57. The van der Waals surface area contributed by atoms with Crippen LogP contribution in [0.1, 0.15) is 24.5 Å². The van der Waals surface area contributed by atoms with E-state index in [0.29, 0.717) is 12.5 Å². The number of carbonyl (C=O) groups is 1. The second-order valence-electron chi connectivity index (χ2n) is 7.60. The van der Waals surface area contributed by atoms with E-state index < -0.39 is 0 Å². The molecule has 2 aliphatic heterocycles. The van der Waals surface area contributed by atoms with Crippen molar-refractivity contribution in [3.63, 3.8) is 0 Å². The molecule has 0 radical (unpaired) electrons. The Morgan fingerprint density at radius 2 is 1.73 bits per heavy atom. The Labute approximate surface area is 155 Å². The number of likely N-dealkylation sites (tertiary alicyclic amines) is 2. The Morgan fingerprint density at radius 1 is 1.08 bits per heavy atom. The summed E-state index contributed by atoms with van der Waals surface area (Å²) in [7, 11) is 0. The molecule has 136 valence electrons. The van der Waals surface area contributed by atoms with Crippen LogP contribution in [-0.2, 0) is 17.9 Å². The van der Waals surface area contributed by atoms with Gasteiger partial charge in [-0.2, -0.15) is 0 Å². The molecule has 2 heterocycles. The van der Waals surface area contributed by atoms with Crippen molar-refractivity contribution in [1.29, 1.82) is 0 Å². The molecular formula is C22H26N2O2. The standard InChI is InChI=1S/C22H26N2O2/c1-18-14-24(21(25)26-16-20-10-6-3-7-11-20)22(18)12-13-23(17-22)15-19-8-4-2-5-9-19/h2-11,18H,12-17H2,1H3/t18-,22-/m0/s1. The van der Waals surface area contributed by atoms with Crippen LogP contribution in [0.3, 0.4) is 0 Å². The summed E-state index contributed by atoms with van der Waals surface area (Å²) in [5.41, 5.74) is 2.30. The van der Waals surface area contributed by atoms with Gasteiger partial charge in [0.05, 0.1) is 5.54 Å². The van der Waals surface area contributed by atoms with Crippen molar-refractivity contribution in [2.75, 3.05) is 19.6 Å². The van der Waals surface area contributed by atoms with Gasteiger partial charge in [-0.25, -0.2) is 4.79 Å². The molecule has 2 aromatic rings. The molecule has 0 aromatic heterocycles. The van der Waals surface area contributed by atoms with Gasteiger partial charge in [-0.05, 0) is 23.5 Å². The Hall–Kier alpha value is -2.33. The summed E-state index contributed by atoms with van der Waals surface area (Å²) in [4.78, 5) is 17.1. The third-order valence-electron chi connectivity index (χ3n) is 5.94. The number of nitrogens with zero attached hydrogens (tertiary/aromatic N) is 2. The Balaban J connectivity index is 1.37. The summed E-state index contributed by atoms with van der Waals surface area (Å²) in [6.07, 6.45) is 0.857. The van der Waals surface area contributed by atoms with Crippen molar-refractivity contribution in [3.05, 3.63) is 71.8 Å². The lowest BCUT2D eigenvalue weighted by Crippen LogP contribution is -2.69. The van der Waals surface area contributed by atoms with Gasteiger partial charge >= 0.3 is 6.09 Å². The molecule has 2 atom stereocenters. The summed E-state index contributed by atoms with van der Waals surface area (Å²) in [6, 6.07) is 20.4. The van der Waals surface area contributed by atoms with Gasteiger partial charge in [0.25, 0.3) is 0 Å². The molecule has 2 saturated heterocycles. The first-order chi connectivity index (χ1) is 12.7. The van der Waals surface area contributed by atoms with Gasteiger partial charge in [-0.1, -0.05) is 67.6 Å². The number of carbonyl (C=O) groups excluding carboxylic acids is 1. The van der Waals surface area contributed by atoms with Crippen LogP contribution in [0.25, 0.3) is 0 Å². The van der Waals surface area contributed by atoms with Crippen LogP contribution in [-0.4, -0.2) is 41.1 Å². The van der Waals surface area contributed by atoms with Gasteiger partial charge in [0.1, 0.15) is 6.61 Å². The van der Waals surface area contributed by atoms with Gasteiger partial charge in [0.2, 0.25) is 0 Å². The van der Waals surface area contributed by atoms with Gasteiger partial charge in [-0.3, -0.25) is 4.90 Å². The van der Waals surface area contributed by atoms with E-state index >= 15 is 0 Å². The lowest BCUT2D eigenvalue weighted by molar-refractivity contribution is -0.0572. The Morgan fingerprint density at radius 3 is 2.38 bits per heavy atom. The number of benzene rings is 2. The number of ether oxygens (including phenoxy) is 1. The van der Waals surface area contributed by atoms with Crippen molar-refractivity contribution >= 4 is 6.09 Å².